The van der Waals surface area contributed by atoms with Crippen LogP contribution in [-0.4, -0.2) is 46.8 Å². The van der Waals surface area contributed by atoms with E-state index in [0.29, 0.717) is 23.8 Å². The summed E-state index contributed by atoms with van der Waals surface area (Å²) in [4.78, 5) is 27.8. The molecule has 2 N–H and O–H groups in total. The number of carbonyl (C=O) groups excluding carboxylic acids is 2. The Hall–Kier alpha value is -3.81. The molecule has 0 fully saturated rings. The van der Waals surface area contributed by atoms with E-state index in [4.69, 9.17) is 9.84 Å². The molecule has 0 aliphatic heterocycles. The van der Waals surface area contributed by atoms with Gasteiger partial charge in [-0.3, -0.25) is 4.79 Å². The Labute approximate surface area is 213 Å². The predicted molar refractivity (Wildman–Crippen MR) is 144 cm³/mol. The van der Waals surface area contributed by atoms with Crippen molar-refractivity contribution in [3.63, 3.8) is 0 Å². The number of methoxy groups -OCH3 is 1. The quantitative estimate of drug-likeness (QED) is 0.398. The van der Waals surface area contributed by atoms with Crippen LogP contribution in [-0.2, 0) is 10.2 Å². The molecule has 0 aliphatic rings. The highest BCUT2D eigenvalue weighted by atomic mass is 16.5. The number of para-hydroxylation sites is 2. The van der Waals surface area contributed by atoms with Gasteiger partial charge in [0.15, 0.2) is 0 Å². The van der Waals surface area contributed by atoms with Crippen LogP contribution in [0.15, 0.2) is 54.6 Å². The third-order valence-electron chi connectivity index (χ3n) is 5.78. The maximum absolute atomic E-state index is 13.2. The molecule has 0 bridgehead atoms. The number of anilines is 2. The van der Waals surface area contributed by atoms with Crippen LogP contribution in [0.2, 0.25) is 0 Å². The summed E-state index contributed by atoms with van der Waals surface area (Å²) in [5.41, 5.74) is 3.20. The molecule has 0 saturated heterocycles. The second-order valence-electron chi connectivity index (χ2n) is 9.87. The fraction of sp³-hybridized carbons (Fsp3) is 0.393. The third-order valence-corrected chi connectivity index (χ3v) is 5.78. The van der Waals surface area contributed by atoms with Crippen molar-refractivity contribution in [2.45, 2.75) is 52.9 Å². The van der Waals surface area contributed by atoms with E-state index in [1.165, 1.54) is 4.90 Å². The second kappa shape index (κ2) is 11.7. The number of hydrogen-bond acceptors (Lipinski definition) is 4. The first-order valence-electron chi connectivity index (χ1n) is 12.3. The lowest BCUT2D eigenvalue weighted by Gasteiger charge is -2.23. The molecule has 0 spiro atoms. The molecule has 2 aromatic carbocycles. The van der Waals surface area contributed by atoms with Crippen molar-refractivity contribution < 1.29 is 14.3 Å². The van der Waals surface area contributed by atoms with E-state index in [1.807, 2.05) is 56.3 Å². The van der Waals surface area contributed by atoms with Crippen LogP contribution in [0.5, 0.6) is 5.75 Å². The molecule has 0 atom stereocenters. The summed E-state index contributed by atoms with van der Waals surface area (Å²) >= 11 is 0. The lowest BCUT2D eigenvalue weighted by atomic mass is 9.92. The van der Waals surface area contributed by atoms with E-state index in [2.05, 4.69) is 31.4 Å². The van der Waals surface area contributed by atoms with E-state index in [-0.39, 0.29) is 23.9 Å². The first-order valence-corrected chi connectivity index (χ1v) is 12.3. The third kappa shape index (κ3) is 6.87. The van der Waals surface area contributed by atoms with Gasteiger partial charge in [0.25, 0.3) is 0 Å². The van der Waals surface area contributed by atoms with E-state index < -0.39 is 0 Å². The summed E-state index contributed by atoms with van der Waals surface area (Å²) in [5.74, 6) is 0.826. The van der Waals surface area contributed by atoms with Crippen LogP contribution in [0, 0.1) is 6.92 Å². The van der Waals surface area contributed by atoms with E-state index in [9.17, 15) is 9.59 Å². The van der Waals surface area contributed by atoms with Crippen molar-refractivity contribution in [3.05, 3.63) is 65.9 Å². The second-order valence-corrected chi connectivity index (χ2v) is 9.87. The van der Waals surface area contributed by atoms with Crippen LogP contribution in [0.25, 0.3) is 5.69 Å². The highest BCUT2D eigenvalue weighted by Gasteiger charge is 2.23. The Morgan fingerprint density at radius 2 is 1.75 bits per heavy atom. The fourth-order valence-corrected chi connectivity index (χ4v) is 3.62. The molecule has 8 heteroatoms. The van der Waals surface area contributed by atoms with Gasteiger partial charge in [-0.2, -0.15) is 5.10 Å². The number of carbonyl (C=O) groups is 2. The number of nitrogens with zero attached hydrogens (tertiary/aromatic N) is 3. The Morgan fingerprint density at radius 1 is 1.06 bits per heavy atom. The summed E-state index contributed by atoms with van der Waals surface area (Å²) in [6, 6.07) is 16.7. The van der Waals surface area contributed by atoms with Crippen molar-refractivity contribution in [2.24, 2.45) is 0 Å². The highest BCUT2D eigenvalue weighted by Crippen LogP contribution is 2.27. The molecule has 0 unspecified atom stereocenters. The van der Waals surface area contributed by atoms with Crippen molar-refractivity contribution in [2.75, 3.05) is 30.8 Å². The summed E-state index contributed by atoms with van der Waals surface area (Å²) in [7, 11) is 1.55. The molecule has 192 valence electrons. The van der Waals surface area contributed by atoms with Gasteiger partial charge in [-0.05, 0) is 37.6 Å². The van der Waals surface area contributed by atoms with Gasteiger partial charge in [-0.1, -0.05) is 63.9 Å². The van der Waals surface area contributed by atoms with Gasteiger partial charge in [-0.25, -0.2) is 9.48 Å². The molecular formula is C28H37N5O3. The van der Waals surface area contributed by atoms with Crippen LogP contribution < -0.4 is 15.4 Å². The van der Waals surface area contributed by atoms with Gasteiger partial charge < -0.3 is 20.3 Å². The number of nitrogens with one attached hydrogen (secondary N) is 2. The minimum Gasteiger partial charge on any atom is -0.495 e. The summed E-state index contributed by atoms with van der Waals surface area (Å²) in [5, 5.41) is 10.6. The molecule has 1 heterocycles. The van der Waals surface area contributed by atoms with Crippen LogP contribution >= 0.6 is 0 Å². The normalized spacial score (nSPS) is 11.2. The maximum Gasteiger partial charge on any atom is 0.322 e. The summed E-state index contributed by atoms with van der Waals surface area (Å²) in [6.45, 7) is 10.7. The number of aryl methyl sites for hydroxylation is 1. The van der Waals surface area contributed by atoms with Crippen molar-refractivity contribution >= 4 is 23.4 Å². The number of ether oxygens (including phenoxy) is 1. The Morgan fingerprint density at radius 3 is 2.39 bits per heavy atom. The average Bonchev–Trinajstić information content (AvgIpc) is 3.26. The maximum atomic E-state index is 13.2. The molecule has 0 aliphatic carbocycles. The Balaban J connectivity index is 1.81. The topological polar surface area (TPSA) is 88.5 Å². The zero-order chi connectivity index (χ0) is 26.3. The first kappa shape index (κ1) is 26.8. The smallest absolute Gasteiger partial charge is 0.322 e. The minimum absolute atomic E-state index is 0.0923. The molecule has 3 aromatic rings. The summed E-state index contributed by atoms with van der Waals surface area (Å²) in [6.07, 6.45) is 1.68. The molecule has 0 saturated carbocycles. The molecule has 3 amide bonds. The van der Waals surface area contributed by atoms with E-state index >= 15 is 0 Å². The lowest BCUT2D eigenvalue weighted by Crippen LogP contribution is -2.41. The van der Waals surface area contributed by atoms with Crippen molar-refractivity contribution in [1.29, 1.82) is 0 Å². The van der Waals surface area contributed by atoms with Gasteiger partial charge in [0.2, 0.25) is 5.91 Å². The SMILES string of the molecule is CCCCN(CC(=O)Nc1cc(C(C)(C)C)nn1-c1ccc(C)cc1)C(=O)Nc1ccccc1OC. The molecule has 0 radical (unpaired) electrons. The van der Waals surface area contributed by atoms with Gasteiger partial charge >= 0.3 is 6.03 Å². The predicted octanol–water partition coefficient (Wildman–Crippen LogP) is 5.76. The number of benzene rings is 2. The largest absolute Gasteiger partial charge is 0.495 e. The number of hydrogen-bond donors (Lipinski definition) is 2. The number of amides is 3. The molecule has 8 nitrogen and oxygen atoms in total. The molecular weight excluding hydrogens is 454 g/mol. The van der Waals surface area contributed by atoms with Crippen LogP contribution in [0.4, 0.5) is 16.3 Å². The molecule has 36 heavy (non-hydrogen) atoms. The molecule has 1 aromatic heterocycles. The Bertz CT molecular complexity index is 1180. The number of unbranched alkanes of at least 4 members (excludes halogenated alkanes) is 1. The number of rotatable bonds is 9. The van der Waals surface area contributed by atoms with E-state index in [0.717, 1.165) is 29.8 Å². The first-order chi connectivity index (χ1) is 17.1. The standard InChI is InChI=1S/C28H37N5O3/c1-7-8-17-32(27(35)29-22-11-9-10-12-23(22)36-6)19-26(34)30-25-18-24(28(3,4)5)31-33(25)21-15-13-20(2)14-16-21/h9-16,18H,7-8,17,19H2,1-6H3,(H,29,35)(H,30,34). The Kier molecular flexibility index (Phi) is 8.74. The zero-order valence-corrected chi connectivity index (χ0v) is 22.1. The highest BCUT2D eigenvalue weighted by molar-refractivity contribution is 5.97. The monoisotopic (exact) mass is 491 g/mol. The number of urea groups is 1. The van der Waals surface area contributed by atoms with Gasteiger partial charge in [0.1, 0.15) is 18.1 Å². The lowest BCUT2D eigenvalue weighted by molar-refractivity contribution is -0.116. The average molecular weight is 492 g/mol. The van der Waals surface area contributed by atoms with Crippen molar-refractivity contribution in [3.8, 4) is 11.4 Å². The van der Waals surface area contributed by atoms with Crippen LogP contribution in [0.1, 0.15) is 51.8 Å². The van der Waals surface area contributed by atoms with Gasteiger partial charge in [0, 0.05) is 18.0 Å². The van der Waals surface area contributed by atoms with Crippen molar-refractivity contribution in [1.82, 2.24) is 14.7 Å². The summed E-state index contributed by atoms with van der Waals surface area (Å²) < 4.78 is 7.08. The number of aromatic nitrogens is 2. The van der Waals surface area contributed by atoms with E-state index in [1.54, 1.807) is 23.9 Å². The van der Waals surface area contributed by atoms with Gasteiger partial charge in [0.05, 0.1) is 24.2 Å². The molecule has 3 rings (SSSR count). The van der Waals surface area contributed by atoms with Gasteiger partial charge in [-0.15, -0.1) is 0 Å². The van der Waals surface area contributed by atoms with Crippen LogP contribution in [0.3, 0.4) is 0 Å². The minimum atomic E-state index is -0.356. The fourth-order valence-electron chi connectivity index (χ4n) is 3.62. The zero-order valence-electron chi connectivity index (χ0n) is 22.1.